The molecule has 1 aliphatic heterocycles. The largest absolute Gasteiger partial charge is 0.505 e. The summed E-state index contributed by atoms with van der Waals surface area (Å²) in [5, 5.41) is 10.2. The van der Waals surface area contributed by atoms with Crippen LogP contribution >= 0.6 is 27.5 Å². The summed E-state index contributed by atoms with van der Waals surface area (Å²) in [6, 6.07) is 2.86. The summed E-state index contributed by atoms with van der Waals surface area (Å²) in [5.74, 6) is -1.91. The van der Waals surface area contributed by atoms with Gasteiger partial charge < -0.3 is 10.0 Å². The first-order valence-electron chi connectivity index (χ1n) is 5.58. The lowest BCUT2D eigenvalue weighted by molar-refractivity contribution is -0.117. The molecule has 0 radical (unpaired) electrons. The highest BCUT2D eigenvalue weighted by atomic mass is 79.9. The molecule has 1 atom stereocenters. The molecular weight excluding hydrogens is 377 g/mol. The molecule has 5 nitrogen and oxygen atoms in total. The molecule has 1 heterocycles. The lowest BCUT2D eigenvalue weighted by Crippen LogP contribution is -2.25. The number of aromatic hydroxyl groups is 1. The van der Waals surface area contributed by atoms with Gasteiger partial charge in [0.05, 0.1) is 15.9 Å². The summed E-state index contributed by atoms with van der Waals surface area (Å²) in [5.41, 5.74) is 0.174. The lowest BCUT2D eigenvalue weighted by Gasteiger charge is -2.19. The molecule has 110 valence electrons. The zero-order chi connectivity index (χ0) is 15.1. The van der Waals surface area contributed by atoms with Gasteiger partial charge >= 0.3 is 10.2 Å². The molecule has 0 aliphatic carbocycles. The van der Waals surface area contributed by atoms with Crippen molar-refractivity contribution in [3.63, 3.8) is 0 Å². The number of phenols is 1. The third kappa shape index (κ3) is 3.42. The molecule has 1 unspecified atom stereocenters. The number of phenolic OH excluding ortho intramolecular Hbond substituents is 1. The molecule has 1 aliphatic rings. The van der Waals surface area contributed by atoms with Crippen LogP contribution < -0.4 is 4.90 Å². The van der Waals surface area contributed by atoms with Crippen LogP contribution in [0, 0.1) is 5.92 Å². The van der Waals surface area contributed by atoms with E-state index in [0.29, 0.717) is 9.50 Å². The Balaban J connectivity index is 2.29. The van der Waals surface area contributed by atoms with Crippen molar-refractivity contribution in [1.29, 1.82) is 0 Å². The fourth-order valence-electron chi connectivity index (χ4n) is 2.17. The van der Waals surface area contributed by atoms with Gasteiger partial charge in [0.2, 0.25) is 5.91 Å². The second kappa shape index (κ2) is 5.50. The summed E-state index contributed by atoms with van der Waals surface area (Å²) in [6.07, 6.45) is -0.0906. The predicted octanol–water partition coefficient (Wildman–Crippen LogP) is 2.46. The Labute approximate surface area is 128 Å². The molecule has 9 heteroatoms. The summed E-state index contributed by atoms with van der Waals surface area (Å²) >= 11 is 8.96. The maximum atomic E-state index is 12.7. The van der Waals surface area contributed by atoms with E-state index in [2.05, 4.69) is 15.9 Å². The van der Waals surface area contributed by atoms with E-state index in [9.17, 15) is 22.2 Å². The lowest BCUT2D eigenvalue weighted by atomic mass is 10.1. The summed E-state index contributed by atoms with van der Waals surface area (Å²) in [4.78, 5) is 13.1. The molecule has 1 saturated heterocycles. The molecule has 0 aromatic heterocycles. The van der Waals surface area contributed by atoms with Crippen molar-refractivity contribution in [3.05, 3.63) is 21.6 Å². The number of rotatable bonds is 3. The number of benzene rings is 1. The van der Waals surface area contributed by atoms with Crippen molar-refractivity contribution in [1.82, 2.24) is 0 Å². The first-order valence-corrected chi connectivity index (χ1v) is 8.30. The van der Waals surface area contributed by atoms with Crippen LogP contribution in [-0.4, -0.2) is 31.7 Å². The normalized spacial score (nSPS) is 19.6. The highest BCUT2D eigenvalue weighted by molar-refractivity contribution is 9.10. The summed E-state index contributed by atoms with van der Waals surface area (Å²) in [6.45, 7) is 0.0162. The molecule has 2 rings (SSSR count). The summed E-state index contributed by atoms with van der Waals surface area (Å²) in [7, 11) is -4.64. The maximum absolute atomic E-state index is 12.7. The standard InChI is InChI=1S/C11H10BrClFNO4S/c12-8-2-7(13)3-9(11(8)17)15-4-6(1-10(15)16)5-20(14,18)19/h2-3,6,17H,1,4-5H2. The predicted molar refractivity (Wildman–Crippen MR) is 76.2 cm³/mol. The van der Waals surface area contributed by atoms with Crippen LogP contribution in [-0.2, 0) is 15.0 Å². The third-order valence-electron chi connectivity index (χ3n) is 2.94. The average molecular weight is 387 g/mol. The highest BCUT2D eigenvalue weighted by Crippen LogP contribution is 2.40. The van der Waals surface area contributed by atoms with E-state index in [1.165, 1.54) is 17.0 Å². The monoisotopic (exact) mass is 385 g/mol. The Morgan fingerprint density at radius 3 is 2.75 bits per heavy atom. The molecule has 1 fully saturated rings. The number of carbonyl (C=O) groups is 1. The Morgan fingerprint density at radius 1 is 1.50 bits per heavy atom. The number of amides is 1. The van der Waals surface area contributed by atoms with Gasteiger partial charge in [-0.3, -0.25) is 4.79 Å². The van der Waals surface area contributed by atoms with E-state index in [-0.39, 0.29) is 30.3 Å². The van der Waals surface area contributed by atoms with E-state index in [0.717, 1.165) is 0 Å². The Kier molecular flexibility index (Phi) is 4.27. The van der Waals surface area contributed by atoms with Gasteiger partial charge in [-0.25, -0.2) is 0 Å². The minimum atomic E-state index is -4.64. The van der Waals surface area contributed by atoms with Crippen molar-refractivity contribution in [2.75, 3.05) is 17.2 Å². The fraction of sp³-hybridized carbons (Fsp3) is 0.364. The molecule has 0 saturated carbocycles. The van der Waals surface area contributed by atoms with Crippen LogP contribution in [0.15, 0.2) is 16.6 Å². The number of halogens is 3. The third-order valence-corrected chi connectivity index (χ3v) is 4.63. The zero-order valence-corrected chi connectivity index (χ0v) is 13.2. The van der Waals surface area contributed by atoms with E-state index in [4.69, 9.17) is 11.6 Å². The van der Waals surface area contributed by atoms with Crippen LogP contribution in [0.3, 0.4) is 0 Å². The molecular formula is C11H10BrClFNO4S. The van der Waals surface area contributed by atoms with Crippen molar-refractivity contribution in [2.45, 2.75) is 6.42 Å². The van der Waals surface area contributed by atoms with Crippen LogP contribution in [0.4, 0.5) is 9.57 Å². The SMILES string of the molecule is O=C1CC(CS(=O)(=O)F)CN1c1cc(Cl)cc(Br)c1O. The molecule has 0 spiro atoms. The van der Waals surface area contributed by atoms with Crippen molar-refractivity contribution >= 4 is 49.3 Å². The van der Waals surface area contributed by atoms with Gasteiger partial charge in [0.15, 0.2) is 5.75 Å². The Morgan fingerprint density at radius 2 is 2.15 bits per heavy atom. The second-order valence-corrected chi connectivity index (χ2v) is 7.24. The average Bonchev–Trinajstić information content (AvgIpc) is 2.62. The molecule has 0 bridgehead atoms. The molecule has 1 N–H and O–H groups in total. The van der Waals surface area contributed by atoms with Gasteiger partial charge in [-0.2, -0.15) is 8.42 Å². The van der Waals surface area contributed by atoms with Gasteiger partial charge in [0.25, 0.3) is 0 Å². The van der Waals surface area contributed by atoms with Crippen LogP contribution in [0.2, 0.25) is 5.02 Å². The fourth-order valence-corrected chi connectivity index (χ4v) is 3.75. The number of carbonyl (C=O) groups excluding carboxylic acids is 1. The number of nitrogens with zero attached hydrogens (tertiary/aromatic N) is 1. The van der Waals surface area contributed by atoms with Crippen molar-refractivity contribution in [3.8, 4) is 5.75 Å². The topological polar surface area (TPSA) is 74.7 Å². The Bertz CT molecular complexity index is 667. The van der Waals surface area contributed by atoms with E-state index in [1.807, 2.05) is 0 Å². The maximum Gasteiger partial charge on any atom is 0.302 e. The van der Waals surface area contributed by atoms with Crippen molar-refractivity contribution < 1.29 is 22.2 Å². The first kappa shape index (κ1) is 15.5. The molecule has 1 aromatic rings. The summed E-state index contributed by atoms with van der Waals surface area (Å²) < 4.78 is 34.3. The van der Waals surface area contributed by atoms with Gasteiger partial charge in [0, 0.05) is 23.9 Å². The number of hydrogen-bond donors (Lipinski definition) is 1. The van der Waals surface area contributed by atoms with E-state index < -0.39 is 21.9 Å². The quantitative estimate of drug-likeness (QED) is 0.810. The van der Waals surface area contributed by atoms with Crippen LogP contribution in [0.25, 0.3) is 0 Å². The van der Waals surface area contributed by atoms with Gasteiger partial charge in [-0.1, -0.05) is 11.6 Å². The molecule has 1 aromatic carbocycles. The molecule has 1 amide bonds. The van der Waals surface area contributed by atoms with Gasteiger partial charge in [-0.15, -0.1) is 3.89 Å². The second-order valence-electron chi connectivity index (χ2n) is 4.54. The van der Waals surface area contributed by atoms with Crippen molar-refractivity contribution in [2.24, 2.45) is 5.92 Å². The number of anilines is 1. The Hall–Kier alpha value is -0.860. The van der Waals surface area contributed by atoms with E-state index in [1.54, 1.807) is 0 Å². The van der Waals surface area contributed by atoms with Gasteiger partial charge in [0.1, 0.15) is 0 Å². The van der Waals surface area contributed by atoms with Crippen LogP contribution in [0.5, 0.6) is 5.75 Å². The minimum Gasteiger partial charge on any atom is -0.505 e. The first-order chi connectivity index (χ1) is 9.17. The zero-order valence-electron chi connectivity index (χ0n) is 10.0. The smallest absolute Gasteiger partial charge is 0.302 e. The highest BCUT2D eigenvalue weighted by Gasteiger charge is 2.35. The van der Waals surface area contributed by atoms with Crippen LogP contribution in [0.1, 0.15) is 6.42 Å². The van der Waals surface area contributed by atoms with E-state index >= 15 is 0 Å². The number of hydrogen-bond acceptors (Lipinski definition) is 4. The minimum absolute atomic E-state index is 0.0162. The van der Waals surface area contributed by atoms with Gasteiger partial charge in [-0.05, 0) is 28.1 Å². The molecule has 20 heavy (non-hydrogen) atoms.